The summed E-state index contributed by atoms with van der Waals surface area (Å²) >= 11 is 0. The van der Waals surface area contributed by atoms with Gasteiger partial charge in [0.2, 0.25) is 11.8 Å². The van der Waals surface area contributed by atoms with Crippen LogP contribution in [0.15, 0.2) is 18.3 Å². The zero-order chi connectivity index (χ0) is 17.0. The van der Waals surface area contributed by atoms with E-state index >= 15 is 0 Å². The van der Waals surface area contributed by atoms with E-state index in [2.05, 4.69) is 22.2 Å². The van der Waals surface area contributed by atoms with E-state index in [-0.39, 0.29) is 11.8 Å². The van der Waals surface area contributed by atoms with Gasteiger partial charge >= 0.3 is 0 Å². The highest BCUT2D eigenvalue weighted by atomic mass is 16.5. The van der Waals surface area contributed by atoms with Crippen LogP contribution in [0.5, 0.6) is 5.88 Å². The third-order valence-electron chi connectivity index (χ3n) is 4.56. The van der Waals surface area contributed by atoms with E-state index in [1.165, 1.54) is 6.42 Å². The van der Waals surface area contributed by atoms with Gasteiger partial charge in [-0.25, -0.2) is 4.98 Å². The zero-order valence-electron chi connectivity index (χ0n) is 14.9. The van der Waals surface area contributed by atoms with Crippen molar-refractivity contribution in [3.63, 3.8) is 0 Å². The number of likely N-dealkylation sites (tertiary alicyclic amines) is 1. The highest BCUT2D eigenvalue weighted by molar-refractivity contribution is 5.79. The molecular weight excluding hydrogens is 290 g/mol. The second-order valence-electron chi connectivity index (χ2n) is 7.27. The van der Waals surface area contributed by atoms with Crippen LogP contribution in [0.2, 0.25) is 0 Å². The smallest absolute Gasteiger partial charge is 0.224 e. The number of aryl methyl sites for hydroxylation is 1. The van der Waals surface area contributed by atoms with Crippen molar-refractivity contribution in [3.8, 4) is 5.88 Å². The van der Waals surface area contributed by atoms with Crippen molar-refractivity contribution in [2.75, 3.05) is 20.2 Å². The highest BCUT2D eigenvalue weighted by Crippen LogP contribution is 2.23. The Bertz CT molecular complexity index is 545. The fraction of sp³-hybridized carbons (Fsp3) is 0.667. The largest absolute Gasteiger partial charge is 0.475 e. The number of ether oxygens (including phenoxy) is 1. The lowest BCUT2D eigenvalue weighted by Gasteiger charge is -2.31. The van der Waals surface area contributed by atoms with Gasteiger partial charge in [0, 0.05) is 17.8 Å². The fourth-order valence-corrected chi connectivity index (χ4v) is 3.10. The molecule has 0 aromatic carbocycles. The molecule has 1 aliphatic rings. The minimum absolute atomic E-state index is 0.0154. The molecule has 128 valence electrons. The number of carbonyl (C=O) groups is 1. The van der Waals surface area contributed by atoms with Crippen molar-refractivity contribution in [2.45, 2.75) is 52.1 Å². The fourth-order valence-electron chi connectivity index (χ4n) is 3.10. The highest BCUT2D eigenvalue weighted by Gasteiger charge is 2.33. The maximum atomic E-state index is 12.6. The molecule has 1 aliphatic heterocycles. The maximum Gasteiger partial charge on any atom is 0.224 e. The van der Waals surface area contributed by atoms with Crippen LogP contribution < -0.4 is 10.1 Å². The number of amides is 1. The quantitative estimate of drug-likeness (QED) is 0.875. The molecule has 0 aliphatic carbocycles. The lowest BCUT2D eigenvalue weighted by Crippen LogP contribution is -2.52. The van der Waals surface area contributed by atoms with E-state index in [0.29, 0.717) is 18.5 Å². The van der Waals surface area contributed by atoms with Gasteiger partial charge in [0.1, 0.15) is 6.61 Å². The van der Waals surface area contributed by atoms with Crippen molar-refractivity contribution in [1.82, 2.24) is 15.2 Å². The summed E-state index contributed by atoms with van der Waals surface area (Å²) in [6.45, 7) is 9.41. The molecule has 1 amide bonds. The molecular formula is C18H29N3O2. The van der Waals surface area contributed by atoms with E-state index in [9.17, 15) is 4.79 Å². The Hall–Kier alpha value is -1.62. The molecule has 23 heavy (non-hydrogen) atoms. The molecule has 0 bridgehead atoms. The SMILES string of the molecule is Cc1cccnc1OCC(C)(C)NC(=O)[C@H](C)[C@H]1CCCN1C. The second-order valence-corrected chi connectivity index (χ2v) is 7.27. The molecule has 5 heteroatoms. The molecule has 0 unspecified atom stereocenters. The van der Waals surface area contributed by atoms with Gasteiger partial charge in [-0.05, 0) is 53.3 Å². The standard InChI is InChI=1S/C18H29N3O2/c1-13-8-6-10-19-17(13)23-12-18(3,4)20-16(22)14(2)15-9-7-11-21(15)5/h6,8,10,14-15H,7,9,11-12H2,1-5H3,(H,20,22)/t14-,15-/m1/s1. The molecule has 1 fully saturated rings. The Morgan fingerprint density at radius 1 is 1.57 bits per heavy atom. The summed E-state index contributed by atoms with van der Waals surface area (Å²) < 4.78 is 5.79. The van der Waals surface area contributed by atoms with Crippen LogP contribution >= 0.6 is 0 Å². The number of aromatic nitrogens is 1. The van der Waals surface area contributed by atoms with E-state index in [0.717, 1.165) is 18.5 Å². The lowest BCUT2D eigenvalue weighted by atomic mass is 9.97. The van der Waals surface area contributed by atoms with Crippen LogP contribution in [0.25, 0.3) is 0 Å². The Labute approximate surface area is 139 Å². The Balaban J connectivity index is 1.89. The Kier molecular flexibility index (Phi) is 5.63. The Morgan fingerprint density at radius 2 is 2.30 bits per heavy atom. The molecule has 1 aromatic rings. The first-order valence-electron chi connectivity index (χ1n) is 8.37. The van der Waals surface area contributed by atoms with Crippen LogP contribution in [-0.2, 0) is 4.79 Å². The zero-order valence-corrected chi connectivity index (χ0v) is 14.9. The van der Waals surface area contributed by atoms with Crippen LogP contribution in [0, 0.1) is 12.8 Å². The number of carbonyl (C=O) groups excluding carboxylic acids is 1. The van der Waals surface area contributed by atoms with Gasteiger partial charge in [-0.1, -0.05) is 13.0 Å². The van der Waals surface area contributed by atoms with Gasteiger partial charge < -0.3 is 15.0 Å². The summed E-state index contributed by atoms with van der Waals surface area (Å²) in [5, 5.41) is 3.12. The summed E-state index contributed by atoms with van der Waals surface area (Å²) in [4.78, 5) is 19.1. The topological polar surface area (TPSA) is 54.5 Å². The minimum Gasteiger partial charge on any atom is -0.475 e. The van der Waals surface area contributed by atoms with Gasteiger partial charge in [-0.3, -0.25) is 4.79 Å². The molecule has 2 heterocycles. The van der Waals surface area contributed by atoms with E-state index in [4.69, 9.17) is 4.74 Å². The molecule has 0 radical (unpaired) electrons. The lowest BCUT2D eigenvalue weighted by molar-refractivity contribution is -0.128. The number of nitrogens with zero attached hydrogens (tertiary/aromatic N) is 2. The van der Waals surface area contributed by atoms with Crippen LogP contribution in [-0.4, -0.2) is 47.6 Å². The van der Waals surface area contributed by atoms with Crippen molar-refractivity contribution in [2.24, 2.45) is 5.92 Å². The van der Waals surface area contributed by atoms with Gasteiger partial charge in [0.05, 0.1) is 11.5 Å². The third kappa shape index (κ3) is 4.67. The van der Waals surface area contributed by atoms with Gasteiger partial charge in [-0.2, -0.15) is 0 Å². The molecule has 2 atom stereocenters. The Morgan fingerprint density at radius 3 is 2.91 bits per heavy atom. The first kappa shape index (κ1) is 17.7. The molecule has 0 spiro atoms. The first-order chi connectivity index (χ1) is 10.8. The van der Waals surface area contributed by atoms with E-state index in [1.54, 1.807) is 6.20 Å². The number of hydrogen-bond donors (Lipinski definition) is 1. The molecule has 2 rings (SSSR count). The molecule has 0 saturated carbocycles. The van der Waals surface area contributed by atoms with Gasteiger partial charge in [0.15, 0.2) is 0 Å². The second kappa shape index (κ2) is 7.30. The van der Waals surface area contributed by atoms with Gasteiger partial charge in [-0.15, -0.1) is 0 Å². The van der Waals surface area contributed by atoms with Crippen LogP contribution in [0.4, 0.5) is 0 Å². The summed E-state index contributed by atoms with van der Waals surface area (Å²) in [7, 11) is 2.10. The average molecular weight is 319 g/mol. The van der Waals surface area contributed by atoms with Crippen molar-refractivity contribution < 1.29 is 9.53 Å². The third-order valence-corrected chi connectivity index (χ3v) is 4.56. The number of nitrogens with one attached hydrogen (secondary N) is 1. The minimum atomic E-state index is -0.438. The predicted octanol–water partition coefficient (Wildman–Crippen LogP) is 2.39. The van der Waals surface area contributed by atoms with Crippen molar-refractivity contribution >= 4 is 5.91 Å². The van der Waals surface area contributed by atoms with Crippen molar-refractivity contribution in [1.29, 1.82) is 0 Å². The number of rotatable bonds is 6. The van der Waals surface area contributed by atoms with Crippen LogP contribution in [0.1, 0.15) is 39.2 Å². The summed E-state index contributed by atoms with van der Waals surface area (Å²) in [5.41, 5.74) is 0.558. The summed E-state index contributed by atoms with van der Waals surface area (Å²) in [6, 6.07) is 4.19. The normalized spacial score (nSPS) is 20.3. The summed E-state index contributed by atoms with van der Waals surface area (Å²) in [5.74, 6) is 0.701. The number of pyridine rings is 1. The summed E-state index contributed by atoms with van der Waals surface area (Å²) in [6.07, 6.45) is 3.98. The van der Waals surface area contributed by atoms with Crippen LogP contribution in [0.3, 0.4) is 0 Å². The molecule has 1 aromatic heterocycles. The monoisotopic (exact) mass is 319 g/mol. The molecule has 1 saturated heterocycles. The average Bonchev–Trinajstić information content (AvgIpc) is 2.91. The number of hydrogen-bond acceptors (Lipinski definition) is 4. The van der Waals surface area contributed by atoms with E-state index < -0.39 is 5.54 Å². The molecule has 5 nitrogen and oxygen atoms in total. The predicted molar refractivity (Wildman–Crippen MR) is 91.5 cm³/mol. The van der Waals surface area contributed by atoms with E-state index in [1.807, 2.05) is 39.8 Å². The first-order valence-corrected chi connectivity index (χ1v) is 8.37. The maximum absolute atomic E-state index is 12.6. The van der Waals surface area contributed by atoms with Crippen molar-refractivity contribution in [3.05, 3.63) is 23.9 Å². The van der Waals surface area contributed by atoms with Gasteiger partial charge in [0.25, 0.3) is 0 Å². The molecule has 1 N–H and O–H groups in total.